The molecule has 3 aromatic rings. The fraction of sp³-hybridized carbons (Fsp3) is 0.333. The van der Waals surface area contributed by atoms with Crippen LogP contribution in [0.2, 0.25) is 5.02 Å². The molecular weight excluding hydrogens is 369 g/mol. The summed E-state index contributed by atoms with van der Waals surface area (Å²) >= 11 is 5.93. The van der Waals surface area contributed by atoms with Crippen LogP contribution in [0, 0.1) is 5.82 Å². The lowest BCUT2D eigenvalue weighted by atomic mass is 9.96. The first-order chi connectivity index (χ1) is 13.1. The molecule has 4 N–H and O–H groups in total. The lowest BCUT2D eigenvalue weighted by Gasteiger charge is -2.27. The summed E-state index contributed by atoms with van der Waals surface area (Å²) in [6.07, 6.45) is 5.28. The van der Waals surface area contributed by atoms with Crippen molar-refractivity contribution in [1.82, 2.24) is 24.8 Å². The molecule has 0 aliphatic carbocycles. The van der Waals surface area contributed by atoms with Gasteiger partial charge in [0.15, 0.2) is 0 Å². The van der Waals surface area contributed by atoms with Crippen molar-refractivity contribution in [2.45, 2.75) is 18.8 Å². The van der Waals surface area contributed by atoms with Crippen LogP contribution in [-0.2, 0) is 0 Å². The van der Waals surface area contributed by atoms with Gasteiger partial charge in [0.05, 0.1) is 11.2 Å². The molecule has 0 unspecified atom stereocenters. The van der Waals surface area contributed by atoms with Crippen LogP contribution in [0.3, 0.4) is 0 Å². The van der Waals surface area contributed by atoms with Gasteiger partial charge in [-0.2, -0.15) is 0 Å². The fourth-order valence-corrected chi connectivity index (χ4v) is 3.37. The van der Waals surface area contributed by atoms with Gasteiger partial charge in [-0.3, -0.25) is 11.7 Å². The highest BCUT2D eigenvalue weighted by Gasteiger charge is 2.22. The maximum absolute atomic E-state index is 13.5. The van der Waals surface area contributed by atoms with Crippen molar-refractivity contribution in [3.8, 4) is 11.3 Å². The van der Waals surface area contributed by atoms with E-state index in [0.29, 0.717) is 28.2 Å². The average molecular weight is 390 g/mol. The van der Waals surface area contributed by atoms with Gasteiger partial charge in [0, 0.05) is 11.5 Å². The van der Waals surface area contributed by atoms with E-state index in [1.54, 1.807) is 18.3 Å². The first-order valence-electron chi connectivity index (χ1n) is 8.57. The number of halogens is 2. The van der Waals surface area contributed by atoms with Crippen LogP contribution in [0.15, 0.2) is 30.7 Å². The first kappa shape index (κ1) is 19.5. The highest BCUT2D eigenvalue weighted by atomic mass is 35.5. The van der Waals surface area contributed by atoms with Crippen LogP contribution in [0.1, 0.15) is 24.6 Å². The van der Waals surface area contributed by atoms with Crippen LogP contribution in [0.4, 0.5) is 4.39 Å². The molecule has 1 saturated heterocycles. The predicted molar refractivity (Wildman–Crippen MR) is 103 cm³/mol. The number of benzene rings is 1. The molecule has 0 radical (unpaired) electrons. The summed E-state index contributed by atoms with van der Waals surface area (Å²) in [4.78, 5) is 20.2. The third kappa shape index (κ3) is 4.19. The molecule has 27 heavy (non-hydrogen) atoms. The second-order valence-corrected chi connectivity index (χ2v) is 6.80. The third-order valence-electron chi connectivity index (χ3n) is 4.67. The van der Waals surface area contributed by atoms with Gasteiger partial charge in [-0.25, -0.2) is 24.3 Å². The number of piperidine rings is 1. The molecule has 0 saturated carbocycles. The molecule has 142 valence electrons. The van der Waals surface area contributed by atoms with E-state index in [9.17, 15) is 4.39 Å². The Morgan fingerprint density at radius 1 is 1.15 bits per heavy atom. The van der Waals surface area contributed by atoms with E-state index in [1.807, 2.05) is 0 Å². The van der Waals surface area contributed by atoms with Gasteiger partial charge in [-0.15, -0.1) is 0 Å². The van der Waals surface area contributed by atoms with Crippen molar-refractivity contribution in [3.63, 3.8) is 0 Å². The summed E-state index contributed by atoms with van der Waals surface area (Å²) in [5, 5.41) is 0.0638. The summed E-state index contributed by atoms with van der Waals surface area (Å²) in [5.74, 6) is 8.71. The number of hydrogen-bond donors (Lipinski definition) is 2. The third-order valence-corrected chi connectivity index (χ3v) is 4.96. The molecule has 0 spiro atoms. The molecular formula is C18H21ClFN7. The Labute approximate surface area is 161 Å². The number of aromatic nitrogens is 4. The summed E-state index contributed by atoms with van der Waals surface area (Å²) in [6, 6.07) is 4.56. The molecule has 1 aliphatic rings. The Morgan fingerprint density at radius 2 is 1.89 bits per heavy atom. The highest BCUT2D eigenvalue weighted by molar-refractivity contribution is 6.31. The van der Waals surface area contributed by atoms with Crippen molar-refractivity contribution in [2.75, 3.05) is 20.1 Å². The smallest absolute Gasteiger partial charge is 0.141 e. The van der Waals surface area contributed by atoms with Gasteiger partial charge in [-0.1, -0.05) is 11.6 Å². The Bertz CT molecular complexity index is 929. The molecule has 1 fully saturated rings. The zero-order valence-electron chi connectivity index (χ0n) is 14.9. The Hall–Kier alpha value is -2.26. The summed E-state index contributed by atoms with van der Waals surface area (Å²) in [5.41, 5.74) is 2.70. The molecule has 0 bridgehead atoms. The molecule has 3 heterocycles. The van der Waals surface area contributed by atoms with E-state index in [4.69, 9.17) is 16.6 Å². The molecule has 2 aromatic heterocycles. The molecule has 1 aliphatic heterocycles. The maximum atomic E-state index is 13.5. The van der Waals surface area contributed by atoms with Crippen LogP contribution in [0.5, 0.6) is 0 Å². The first-order valence-corrected chi connectivity index (χ1v) is 8.94. The second-order valence-electron chi connectivity index (χ2n) is 6.39. The number of hydrazine groups is 1. The van der Waals surface area contributed by atoms with E-state index in [1.165, 1.54) is 12.4 Å². The maximum Gasteiger partial charge on any atom is 0.141 e. The largest absolute Gasteiger partial charge is 0.306 e. The Kier molecular flexibility index (Phi) is 6.22. The Morgan fingerprint density at radius 3 is 2.59 bits per heavy atom. The lowest BCUT2D eigenvalue weighted by Crippen LogP contribution is -2.29. The van der Waals surface area contributed by atoms with Crippen LogP contribution >= 0.6 is 11.6 Å². The van der Waals surface area contributed by atoms with Crippen molar-refractivity contribution >= 4 is 22.6 Å². The number of likely N-dealkylation sites (tertiary alicyclic amines) is 1. The zero-order chi connectivity index (χ0) is 19.4. The van der Waals surface area contributed by atoms with Crippen molar-refractivity contribution in [2.24, 2.45) is 11.7 Å². The van der Waals surface area contributed by atoms with Gasteiger partial charge in [0.25, 0.3) is 0 Å². The Balaban J connectivity index is 0.00000102. The van der Waals surface area contributed by atoms with E-state index < -0.39 is 5.82 Å². The molecule has 0 amide bonds. The number of rotatable bonds is 2. The standard InChI is InChI=1S/C18H17ClFN5.H4N2/c1-25-6-4-11(5-7-25)18-21-9-15-17(24-18)16(23-10-22-15)12-2-3-14(20)13(19)8-12;1-2/h2-3,8-11H,4-7H2,1H3;1-2H2. The summed E-state index contributed by atoms with van der Waals surface area (Å²) in [6.45, 7) is 2.08. The van der Waals surface area contributed by atoms with E-state index in [-0.39, 0.29) is 5.02 Å². The zero-order valence-corrected chi connectivity index (χ0v) is 15.7. The molecule has 4 rings (SSSR count). The minimum absolute atomic E-state index is 0.0638. The molecule has 0 atom stereocenters. The van der Waals surface area contributed by atoms with Crippen LogP contribution in [-0.4, -0.2) is 45.0 Å². The van der Waals surface area contributed by atoms with Gasteiger partial charge < -0.3 is 4.90 Å². The fourth-order valence-electron chi connectivity index (χ4n) is 3.19. The molecule has 7 nitrogen and oxygen atoms in total. The van der Waals surface area contributed by atoms with E-state index in [2.05, 4.69) is 38.6 Å². The topological polar surface area (TPSA) is 107 Å². The van der Waals surface area contributed by atoms with Gasteiger partial charge in [0.2, 0.25) is 0 Å². The lowest BCUT2D eigenvalue weighted by molar-refractivity contribution is 0.251. The molecule has 9 heteroatoms. The highest BCUT2D eigenvalue weighted by Crippen LogP contribution is 2.30. The average Bonchev–Trinajstić information content (AvgIpc) is 2.71. The SMILES string of the molecule is CN1CCC(c2ncc3ncnc(-c4ccc(F)c(Cl)c4)c3n2)CC1.NN. The van der Waals surface area contributed by atoms with Gasteiger partial charge >= 0.3 is 0 Å². The van der Waals surface area contributed by atoms with Gasteiger partial charge in [-0.05, 0) is 51.2 Å². The van der Waals surface area contributed by atoms with Crippen molar-refractivity contribution in [1.29, 1.82) is 0 Å². The van der Waals surface area contributed by atoms with Crippen molar-refractivity contribution in [3.05, 3.63) is 47.4 Å². The van der Waals surface area contributed by atoms with Crippen LogP contribution in [0.25, 0.3) is 22.3 Å². The predicted octanol–water partition coefficient (Wildman–Crippen LogP) is 2.51. The summed E-state index contributed by atoms with van der Waals surface area (Å²) < 4.78 is 13.5. The number of fused-ring (bicyclic) bond motifs is 1. The summed E-state index contributed by atoms with van der Waals surface area (Å²) in [7, 11) is 2.13. The van der Waals surface area contributed by atoms with Crippen molar-refractivity contribution < 1.29 is 4.39 Å². The normalized spacial score (nSPS) is 15.4. The van der Waals surface area contributed by atoms with E-state index in [0.717, 1.165) is 31.8 Å². The second kappa shape index (κ2) is 8.62. The quantitative estimate of drug-likeness (QED) is 0.512. The van der Waals surface area contributed by atoms with E-state index >= 15 is 0 Å². The number of hydrogen-bond acceptors (Lipinski definition) is 7. The minimum atomic E-state index is -0.453. The van der Waals surface area contributed by atoms with Crippen LogP contribution < -0.4 is 11.7 Å². The minimum Gasteiger partial charge on any atom is -0.306 e. The number of nitrogens with two attached hydrogens (primary N) is 2. The van der Waals surface area contributed by atoms with Gasteiger partial charge in [0.1, 0.15) is 34.7 Å². The molecule has 1 aromatic carbocycles. The monoisotopic (exact) mass is 389 g/mol. The number of nitrogens with zero attached hydrogens (tertiary/aromatic N) is 5.